The van der Waals surface area contributed by atoms with Gasteiger partial charge in [0, 0.05) is 31.6 Å². The van der Waals surface area contributed by atoms with Crippen molar-refractivity contribution < 1.29 is 14.3 Å². The molecular weight excluding hydrogens is 307 g/mol. The molecule has 2 aliphatic heterocycles. The molecule has 132 valence electrons. The molecular formula is C19H27FN2O2. The summed E-state index contributed by atoms with van der Waals surface area (Å²) in [6, 6.07) is 6.76. The molecule has 4 nitrogen and oxygen atoms in total. The number of nitrogens with zero attached hydrogens (tertiary/aromatic N) is 2. The van der Waals surface area contributed by atoms with Crippen molar-refractivity contribution in [3.8, 4) is 0 Å². The van der Waals surface area contributed by atoms with Crippen molar-refractivity contribution >= 4 is 5.91 Å². The van der Waals surface area contributed by atoms with Crippen LogP contribution < -0.4 is 0 Å². The fourth-order valence-electron chi connectivity index (χ4n) is 4.26. The highest BCUT2D eigenvalue weighted by atomic mass is 19.1. The van der Waals surface area contributed by atoms with Crippen molar-refractivity contribution in [2.45, 2.75) is 57.2 Å². The first-order valence-electron chi connectivity index (χ1n) is 9.07. The van der Waals surface area contributed by atoms with E-state index in [-0.39, 0.29) is 17.8 Å². The number of likely N-dealkylation sites (tertiary alicyclic amines) is 2. The Kier molecular flexibility index (Phi) is 5.51. The summed E-state index contributed by atoms with van der Waals surface area (Å²) in [7, 11) is 0. The Morgan fingerprint density at radius 1 is 1.29 bits per heavy atom. The Labute approximate surface area is 143 Å². The third kappa shape index (κ3) is 3.62. The predicted octanol–water partition coefficient (Wildman–Crippen LogP) is 2.72. The fourth-order valence-corrected chi connectivity index (χ4v) is 4.26. The normalized spacial score (nSPS) is 26.0. The smallest absolute Gasteiger partial charge is 0.222 e. The Morgan fingerprint density at radius 2 is 2.04 bits per heavy atom. The van der Waals surface area contributed by atoms with Gasteiger partial charge in [-0.2, -0.15) is 0 Å². The molecule has 2 heterocycles. The van der Waals surface area contributed by atoms with Crippen LogP contribution in [0.15, 0.2) is 24.3 Å². The first-order chi connectivity index (χ1) is 11.6. The van der Waals surface area contributed by atoms with Crippen LogP contribution in [0.4, 0.5) is 4.39 Å². The maximum atomic E-state index is 13.4. The van der Waals surface area contributed by atoms with Crippen LogP contribution >= 0.6 is 0 Å². The van der Waals surface area contributed by atoms with E-state index in [2.05, 4.69) is 4.90 Å². The van der Waals surface area contributed by atoms with Crippen LogP contribution in [0.25, 0.3) is 0 Å². The summed E-state index contributed by atoms with van der Waals surface area (Å²) in [6.07, 6.45) is 4.11. The number of rotatable bonds is 5. The second kappa shape index (κ2) is 7.62. The van der Waals surface area contributed by atoms with E-state index in [9.17, 15) is 14.3 Å². The van der Waals surface area contributed by atoms with Gasteiger partial charge in [0.25, 0.3) is 0 Å². The van der Waals surface area contributed by atoms with Gasteiger partial charge in [-0.25, -0.2) is 4.39 Å². The van der Waals surface area contributed by atoms with E-state index in [1.165, 1.54) is 12.1 Å². The molecule has 0 radical (unpaired) electrons. The number of carbonyl (C=O) groups excluding carboxylic acids is 1. The summed E-state index contributed by atoms with van der Waals surface area (Å²) in [5.41, 5.74) is 0.619. The van der Waals surface area contributed by atoms with Crippen LogP contribution in [-0.2, 0) is 4.79 Å². The zero-order chi connectivity index (χ0) is 17.1. The second-order valence-electron chi connectivity index (χ2n) is 6.93. The number of β-amino-alcohol motifs (C(OH)–C–C–N with tert-alkyl or cyclic N) is 1. The van der Waals surface area contributed by atoms with E-state index < -0.39 is 6.10 Å². The predicted molar refractivity (Wildman–Crippen MR) is 91.0 cm³/mol. The number of hydrogen-bond acceptors (Lipinski definition) is 3. The van der Waals surface area contributed by atoms with Crippen LogP contribution in [0.1, 0.15) is 50.7 Å². The Bertz CT molecular complexity index is 580. The lowest BCUT2D eigenvalue weighted by molar-refractivity contribution is -0.132. The molecule has 3 rings (SSSR count). The Hall–Kier alpha value is -1.46. The van der Waals surface area contributed by atoms with E-state index in [4.69, 9.17) is 0 Å². The number of carbonyl (C=O) groups is 1. The number of aliphatic hydroxyl groups excluding tert-OH is 1. The third-order valence-electron chi connectivity index (χ3n) is 5.42. The van der Waals surface area contributed by atoms with Gasteiger partial charge in [0.05, 0.1) is 6.10 Å². The van der Waals surface area contributed by atoms with Gasteiger partial charge >= 0.3 is 0 Å². The second-order valence-corrected chi connectivity index (χ2v) is 6.93. The lowest BCUT2D eigenvalue weighted by atomic mass is 10.0. The number of halogens is 1. The average molecular weight is 334 g/mol. The molecule has 1 N–H and O–H groups in total. The van der Waals surface area contributed by atoms with Gasteiger partial charge in [-0.15, -0.1) is 0 Å². The maximum absolute atomic E-state index is 13.4. The van der Waals surface area contributed by atoms with Gasteiger partial charge in [0.2, 0.25) is 5.91 Å². The van der Waals surface area contributed by atoms with Crippen LogP contribution in [0.2, 0.25) is 0 Å². The minimum Gasteiger partial charge on any atom is -0.387 e. The topological polar surface area (TPSA) is 43.8 Å². The highest BCUT2D eigenvalue weighted by Crippen LogP contribution is 2.31. The first-order valence-corrected chi connectivity index (χ1v) is 9.07. The summed E-state index contributed by atoms with van der Waals surface area (Å²) in [5, 5.41) is 10.5. The van der Waals surface area contributed by atoms with Crippen LogP contribution in [0.5, 0.6) is 0 Å². The van der Waals surface area contributed by atoms with E-state index in [0.29, 0.717) is 24.6 Å². The number of hydrogen-bond donors (Lipinski definition) is 1. The highest BCUT2D eigenvalue weighted by Gasteiger charge is 2.39. The largest absolute Gasteiger partial charge is 0.387 e. The zero-order valence-electron chi connectivity index (χ0n) is 14.3. The monoisotopic (exact) mass is 334 g/mol. The van der Waals surface area contributed by atoms with Gasteiger partial charge in [0.15, 0.2) is 0 Å². The van der Waals surface area contributed by atoms with Crippen LogP contribution in [0, 0.1) is 5.82 Å². The van der Waals surface area contributed by atoms with Crippen molar-refractivity contribution in [1.82, 2.24) is 9.80 Å². The molecule has 2 fully saturated rings. The van der Waals surface area contributed by atoms with Gasteiger partial charge in [-0.3, -0.25) is 9.69 Å². The number of benzene rings is 1. The quantitative estimate of drug-likeness (QED) is 0.900. The molecule has 2 aliphatic rings. The standard InChI is InChI=1S/C19H27FN2O2/c1-2-19(24)22-11-5-9-17(22)16-8-4-10-21(16)13-18(23)14-6-3-7-15(20)12-14/h3,6-7,12,16-18,23H,2,4-5,8-11,13H2,1H3/t16-,17-,18-/m1/s1. The molecule has 1 aromatic carbocycles. The Balaban J connectivity index is 1.68. The van der Waals surface area contributed by atoms with Crippen molar-refractivity contribution in [3.63, 3.8) is 0 Å². The molecule has 0 saturated carbocycles. The summed E-state index contributed by atoms with van der Waals surface area (Å²) >= 11 is 0. The minimum absolute atomic E-state index is 0.232. The maximum Gasteiger partial charge on any atom is 0.222 e. The molecule has 0 spiro atoms. The van der Waals surface area contributed by atoms with E-state index >= 15 is 0 Å². The highest BCUT2D eigenvalue weighted by molar-refractivity contribution is 5.76. The van der Waals surface area contributed by atoms with Gasteiger partial charge in [-0.1, -0.05) is 19.1 Å². The molecule has 0 bridgehead atoms. The molecule has 0 unspecified atom stereocenters. The summed E-state index contributed by atoms with van der Waals surface area (Å²) in [4.78, 5) is 16.5. The van der Waals surface area contributed by atoms with Crippen molar-refractivity contribution in [2.75, 3.05) is 19.6 Å². The van der Waals surface area contributed by atoms with Gasteiger partial charge < -0.3 is 10.0 Å². The molecule has 0 aliphatic carbocycles. The summed E-state index contributed by atoms with van der Waals surface area (Å²) in [5.74, 6) is -0.0879. The van der Waals surface area contributed by atoms with E-state index in [1.807, 2.05) is 11.8 Å². The Morgan fingerprint density at radius 3 is 2.79 bits per heavy atom. The molecule has 5 heteroatoms. The van der Waals surface area contributed by atoms with Crippen molar-refractivity contribution in [2.24, 2.45) is 0 Å². The molecule has 2 saturated heterocycles. The molecule has 3 atom stereocenters. The molecule has 1 amide bonds. The minimum atomic E-state index is -0.696. The van der Waals surface area contributed by atoms with Crippen LogP contribution in [-0.4, -0.2) is 52.5 Å². The van der Waals surface area contributed by atoms with Gasteiger partial charge in [0.1, 0.15) is 5.82 Å². The van der Waals surface area contributed by atoms with Gasteiger partial charge in [-0.05, 0) is 49.9 Å². The van der Waals surface area contributed by atoms with Crippen molar-refractivity contribution in [3.05, 3.63) is 35.6 Å². The average Bonchev–Trinajstić information content (AvgIpc) is 3.22. The summed E-state index contributed by atoms with van der Waals surface area (Å²) < 4.78 is 13.4. The van der Waals surface area contributed by atoms with E-state index in [0.717, 1.165) is 38.8 Å². The lowest BCUT2D eigenvalue weighted by Gasteiger charge is -2.36. The molecule has 24 heavy (non-hydrogen) atoms. The first kappa shape index (κ1) is 17.4. The summed E-state index contributed by atoms with van der Waals surface area (Å²) in [6.45, 7) is 4.20. The number of aliphatic hydroxyl groups is 1. The van der Waals surface area contributed by atoms with Crippen molar-refractivity contribution in [1.29, 1.82) is 0 Å². The van der Waals surface area contributed by atoms with E-state index in [1.54, 1.807) is 12.1 Å². The number of amides is 1. The third-order valence-corrected chi connectivity index (χ3v) is 5.42. The van der Waals surface area contributed by atoms with Crippen LogP contribution in [0.3, 0.4) is 0 Å². The SMILES string of the molecule is CCC(=O)N1CCC[C@@H]1[C@H]1CCCN1C[C@@H](O)c1cccc(F)c1. The molecule has 0 aromatic heterocycles. The molecule has 1 aromatic rings. The fraction of sp³-hybridized carbons (Fsp3) is 0.632. The lowest BCUT2D eigenvalue weighted by Crippen LogP contribution is -2.49. The zero-order valence-corrected chi connectivity index (χ0v) is 14.3.